The lowest BCUT2D eigenvalue weighted by molar-refractivity contribution is -0.274. The monoisotopic (exact) mass is 352 g/mol. The first-order valence-corrected chi connectivity index (χ1v) is 6.65. The number of nitrogens with two attached hydrogens (primary N) is 1. The largest absolute Gasteiger partial charge is 0.573 e. The topological polar surface area (TPSA) is 55.6 Å². The van der Waals surface area contributed by atoms with Gasteiger partial charge in [0.05, 0.1) is 4.47 Å². The van der Waals surface area contributed by atoms with Crippen molar-refractivity contribution in [2.24, 2.45) is 11.7 Å². The van der Waals surface area contributed by atoms with E-state index in [1.807, 2.05) is 0 Å². The summed E-state index contributed by atoms with van der Waals surface area (Å²) in [7, 11) is 0. The summed E-state index contributed by atoms with van der Waals surface area (Å²) >= 11 is 3.01. The highest BCUT2D eigenvalue weighted by Gasteiger charge is 2.33. The number of halogens is 4. The molecule has 1 fully saturated rings. The first kappa shape index (κ1) is 15.1. The van der Waals surface area contributed by atoms with Gasteiger partial charge < -0.3 is 15.4 Å². The van der Waals surface area contributed by atoms with E-state index >= 15 is 0 Å². The van der Waals surface area contributed by atoms with Crippen LogP contribution in [0, 0.1) is 5.92 Å². The lowest BCUT2D eigenvalue weighted by Gasteiger charge is -2.18. The molecule has 1 aliphatic heterocycles. The molecular formula is C12H12BrF3N2O2. The molecule has 0 radical (unpaired) electrons. The number of rotatable bonds is 3. The lowest BCUT2D eigenvalue weighted by atomic mass is 10.1. The van der Waals surface area contributed by atoms with Crippen molar-refractivity contribution >= 4 is 27.5 Å². The zero-order valence-electron chi connectivity index (χ0n) is 10.3. The van der Waals surface area contributed by atoms with Crippen molar-refractivity contribution in [2.75, 3.05) is 18.0 Å². The van der Waals surface area contributed by atoms with Gasteiger partial charge >= 0.3 is 6.36 Å². The fourth-order valence-corrected chi connectivity index (χ4v) is 2.50. The molecule has 8 heteroatoms. The van der Waals surface area contributed by atoms with Gasteiger partial charge in [-0.25, -0.2) is 0 Å². The van der Waals surface area contributed by atoms with Gasteiger partial charge in [-0.1, -0.05) is 0 Å². The molecule has 110 valence electrons. The van der Waals surface area contributed by atoms with Crippen LogP contribution in [0.2, 0.25) is 0 Å². The molecule has 1 heterocycles. The highest BCUT2D eigenvalue weighted by molar-refractivity contribution is 9.10. The molecule has 0 aliphatic carbocycles. The molecular weight excluding hydrogens is 341 g/mol. The summed E-state index contributed by atoms with van der Waals surface area (Å²) in [5.74, 6) is -0.354. The normalized spacial score (nSPS) is 19.6. The van der Waals surface area contributed by atoms with Crippen LogP contribution in [0.25, 0.3) is 0 Å². The summed E-state index contributed by atoms with van der Waals surface area (Å²) < 4.78 is 40.5. The predicted molar refractivity (Wildman–Crippen MR) is 70.3 cm³/mol. The standard InChI is InChI=1S/C12H12BrF3N2O2/c13-9-4-8(1-2-10(9)20-12(14,15)16)18-6-7(5-17)3-11(18)19/h1-2,4,7H,3,5-6,17H2. The maximum Gasteiger partial charge on any atom is 0.573 e. The van der Waals surface area contributed by atoms with Crippen LogP contribution in [0.1, 0.15) is 6.42 Å². The van der Waals surface area contributed by atoms with Crippen molar-refractivity contribution in [1.29, 1.82) is 0 Å². The van der Waals surface area contributed by atoms with Gasteiger partial charge in [0.15, 0.2) is 0 Å². The summed E-state index contributed by atoms with van der Waals surface area (Å²) in [5, 5.41) is 0. The van der Waals surface area contributed by atoms with E-state index in [9.17, 15) is 18.0 Å². The van der Waals surface area contributed by atoms with E-state index in [1.165, 1.54) is 23.1 Å². The summed E-state index contributed by atoms with van der Waals surface area (Å²) in [6.45, 7) is 0.875. The summed E-state index contributed by atoms with van der Waals surface area (Å²) in [6, 6.07) is 4.02. The maximum atomic E-state index is 12.2. The Morgan fingerprint density at radius 2 is 2.15 bits per heavy atom. The van der Waals surface area contributed by atoms with Crippen molar-refractivity contribution < 1.29 is 22.7 Å². The van der Waals surface area contributed by atoms with E-state index in [2.05, 4.69) is 20.7 Å². The van der Waals surface area contributed by atoms with E-state index in [0.29, 0.717) is 25.2 Å². The maximum absolute atomic E-state index is 12.2. The van der Waals surface area contributed by atoms with Crippen LogP contribution >= 0.6 is 15.9 Å². The molecule has 0 saturated carbocycles. The highest BCUT2D eigenvalue weighted by atomic mass is 79.9. The van der Waals surface area contributed by atoms with Gasteiger partial charge in [0.25, 0.3) is 0 Å². The number of ether oxygens (including phenoxy) is 1. The third kappa shape index (κ3) is 3.43. The molecule has 4 nitrogen and oxygen atoms in total. The van der Waals surface area contributed by atoms with Crippen LogP contribution in [-0.4, -0.2) is 25.4 Å². The number of alkyl halides is 3. The van der Waals surface area contributed by atoms with Gasteiger partial charge in [-0.3, -0.25) is 4.79 Å². The van der Waals surface area contributed by atoms with Crippen LogP contribution < -0.4 is 15.4 Å². The molecule has 1 aromatic carbocycles. The van der Waals surface area contributed by atoms with Crippen molar-refractivity contribution in [2.45, 2.75) is 12.8 Å². The van der Waals surface area contributed by atoms with Crippen molar-refractivity contribution in [3.05, 3.63) is 22.7 Å². The average Bonchev–Trinajstić information content (AvgIpc) is 2.72. The summed E-state index contributed by atoms with van der Waals surface area (Å²) in [6.07, 6.45) is -4.40. The average molecular weight is 353 g/mol. The molecule has 0 spiro atoms. The fraction of sp³-hybridized carbons (Fsp3) is 0.417. The Kier molecular flexibility index (Phi) is 4.24. The molecule has 1 saturated heterocycles. The summed E-state index contributed by atoms with van der Waals surface area (Å²) in [4.78, 5) is 13.3. The van der Waals surface area contributed by atoms with Gasteiger partial charge in [-0.05, 0) is 46.6 Å². The van der Waals surface area contributed by atoms with E-state index in [-0.39, 0.29) is 22.0 Å². The molecule has 1 amide bonds. The van der Waals surface area contributed by atoms with Crippen LogP contribution in [0.15, 0.2) is 22.7 Å². The van der Waals surface area contributed by atoms with Crippen molar-refractivity contribution in [3.63, 3.8) is 0 Å². The molecule has 1 atom stereocenters. The third-order valence-corrected chi connectivity index (χ3v) is 3.61. The number of benzene rings is 1. The first-order valence-electron chi connectivity index (χ1n) is 5.86. The minimum Gasteiger partial charge on any atom is -0.405 e. The van der Waals surface area contributed by atoms with Gasteiger partial charge in [-0.2, -0.15) is 0 Å². The van der Waals surface area contributed by atoms with Crippen LogP contribution in [0.4, 0.5) is 18.9 Å². The van der Waals surface area contributed by atoms with E-state index in [4.69, 9.17) is 5.73 Å². The Labute approximate surface area is 121 Å². The van der Waals surface area contributed by atoms with Crippen LogP contribution in [0.5, 0.6) is 5.75 Å². The molecule has 0 bridgehead atoms. The van der Waals surface area contributed by atoms with E-state index < -0.39 is 6.36 Å². The first-order chi connectivity index (χ1) is 9.30. The van der Waals surface area contributed by atoms with Gasteiger partial charge in [0.1, 0.15) is 5.75 Å². The third-order valence-electron chi connectivity index (χ3n) is 2.99. The number of anilines is 1. The Bertz CT molecular complexity index is 522. The molecule has 1 aromatic rings. The number of amides is 1. The van der Waals surface area contributed by atoms with Crippen molar-refractivity contribution in [1.82, 2.24) is 0 Å². The van der Waals surface area contributed by atoms with Gasteiger partial charge in [-0.15, -0.1) is 13.2 Å². The quantitative estimate of drug-likeness (QED) is 0.909. The Hall–Kier alpha value is -1.28. The number of carbonyl (C=O) groups excluding carboxylic acids is 1. The van der Waals surface area contributed by atoms with Gasteiger partial charge in [0.2, 0.25) is 5.91 Å². The molecule has 1 unspecified atom stereocenters. The smallest absolute Gasteiger partial charge is 0.405 e. The molecule has 2 N–H and O–H groups in total. The minimum absolute atomic E-state index is 0.0763. The molecule has 2 rings (SSSR count). The highest BCUT2D eigenvalue weighted by Crippen LogP contribution is 2.35. The zero-order valence-corrected chi connectivity index (χ0v) is 11.9. The minimum atomic E-state index is -4.75. The Balaban J connectivity index is 2.19. The van der Waals surface area contributed by atoms with E-state index in [1.54, 1.807) is 0 Å². The van der Waals surface area contributed by atoms with Gasteiger partial charge in [0, 0.05) is 18.7 Å². The van der Waals surface area contributed by atoms with Crippen molar-refractivity contribution in [3.8, 4) is 5.75 Å². The number of hydrogen-bond acceptors (Lipinski definition) is 3. The SMILES string of the molecule is NCC1CC(=O)N(c2ccc(OC(F)(F)F)c(Br)c2)C1. The second-order valence-electron chi connectivity index (χ2n) is 4.47. The number of carbonyl (C=O) groups is 1. The number of nitrogens with zero attached hydrogens (tertiary/aromatic N) is 1. The second-order valence-corrected chi connectivity index (χ2v) is 5.33. The zero-order chi connectivity index (χ0) is 14.9. The lowest BCUT2D eigenvalue weighted by Crippen LogP contribution is -2.25. The van der Waals surface area contributed by atoms with Crippen LogP contribution in [0.3, 0.4) is 0 Å². The Morgan fingerprint density at radius 3 is 2.65 bits per heavy atom. The van der Waals surface area contributed by atoms with Crippen LogP contribution in [-0.2, 0) is 4.79 Å². The number of hydrogen-bond donors (Lipinski definition) is 1. The molecule has 20 heavy (non-hydrogen) atoms. The predicted octanol–water partition coefficient (Wildman–Crippen LogP) is 2.66. The Morgan fingerprint density at radius 1 is 1.45 bits per heavy atom. The summed E-state index contributed by atoms with van der Waals surface area (Å²) in [5.41, 5.74) is 6.05. The fourth-order valence-electron chi connectivity index (χ4n) is 2.05. The molecule has 0 aromatic heterocycles. The van der Waals surface area contributed by atoms with E-state index in [0.717, 1.165) is 0 Å². The second kappa shape index (κ2) is 5.61. The molecule has 1 aliphatic rings.